The third kappa shape index (κ3) is 4.06. The number of hydrogen-bond donors (Lipinski definition) is 1. The summed E-state index contributed by atoms with van der Waals surface area (Å²) >= 11 is 0. The van der Waals surface area contributed by atoms with Gasteiger partial charge in [0.25, 0.3) is 0 Å². The molecule has 27 heavy (non-hydrogen) atoms. The van der Waals surface area contributed by atoms with Crippen LogP contribution in [0.15, 0.2) is 67.0 Å². The monoisotopic (exact) mass is 359 g/mol. The summed E-state index contributed by atoms with van der Waals surface area (Å²) < 4.78 is 5.74. The van der Waals surface area contributed by atoms with Crippen LogP contribution in [0.3, 0.4) is 0 Å². The van der Waals surface area contributed by atoms with Crippen LogP contribution in [0.2, 0.25) is 0 Å². The molecule has 134 valence electrons. The number of tetrazole rings is 1. The van der Waals surface area contributed by atoms with E-state index in [1.165, 1.54) is 4.80 Å². The Hall–Kier alpha value is -3.81. The summed E-state index contributed by atoms with van der Waals surface area (Å²) in [6.07, 6.45) is 3.31. The lowest BCUT2D eigenvalue weighted by Crippen LogP contribution is -2.06. The van der Waals surface area contributed by atoms with E-state index in [1.807, 2.05) is 42.5 Å². The van der Waals surface area contributed by atoms with Crippen molar-refractivity contribution in [2.45, 2.75) is 13.2 Å². The molecule has 0 amide bonds. The van der Waals surface area contributed by atoms with Crippen LogP contribution in [-0.2, 0) is 13.2 Å². The first-order valence-electron chi connectivity index (χ1n) is 8.38. The molecule has 3 aromatic heterocycles. The number of benzene rings is 1. The molecule has 0 saturated heterocycles. The predicted molar refractivity (Wildman–Crippen MR) is 99.6 cm³/mol. The van der Waals surface area contributed by atoms with Crippen LogP contribution in [0.1, 0.15) is 11.3 Å². The molecule has 2 N–H and O–H groups in total. The Bertz CT molecular complexity index is 1020. The Morgan fingerprint density at radius 3 is 2.63 bits per heavy atom. The zero-order valence-corrected chi connectivity index (χ0v) is 14.4. The number of rotatable bonds is 6. The normalized spacial score (nSPS) is 10.7. The van der Waals surface area contributed by atoms with Crippen molar-refractivity contribution < 1.29 is 4.74 Å². The van der Waals surface area contributed by atoms with E-state index in [-0.39, 0.29) is 0 Å². The van der Waals surface area contributed by atoms with Gasteiger partial charge in [-0.15, -0.1) is 10.2 Å². The number of pyridine rings is 2. The first kappa shape index (κ1) is 16.6. The van der Waals surface area contributed by atoms with E-state index >= 15 is 0 Å². The summed E-state index contributed by atoms with van der Waals surface area (Å²) in [7, 11) is 0. The van der Waals surface area contributed by atoms with E-state index in [1.54, 1.807) is 24.5 Å². The van der Waals surface area contributed by atoms with Crippen molar-refractivity contribution in [3.8, 4) is 17.1 Å². The van der Waals surface area contributed by atoms with E-state index in [9.17, 15) is 0 Å². The van der Waals surface area contributed by atoms with Crippen LogP contribution in [0.25, 0.3) is 11.4 Å². The predicted octanol–water partition coefficient (Wildman–Crippen LogP) is 2.34. The van der Waals surface area contributed by atoms with Crippen molar-refractivity contribution >= 4 is 5.82 Å². The second-order valence-corrected chi connectivity index (χ2v) is 5.84. The Labute approximate surface area is 155 Å². The number of nitrogens with zero attached hydrogens (tertiary/aromatic N) is 6. The Balaban J connectivity index is 1.39. The van der Waals surface area contributed by atoms with E-state index in [4.69, 9.17) is 10.5 Å². The van der Waals surface area contributed by atoms with E-state index in [2.05, 4.69) is 25.4 Å². The molecule has 0 saturated carbocycles. The molecule has 0 aliphatic heterocycles. The molecular weight excluding hydrogens is 342 g/mol. The molecule has 0 aliphatic carbocycles. The van der Waals surface area contributed by atoms with Crippen molar-refractivity contribution in [3.63, 3.8) is 0 Å². The van der Waals surface area contributed by atoms with Gasteiger partial charge in [-0.2, -0.15) is 4.80 Å². The van der Waals surface area contributed by atoms with Gasteiger partial charge in [0.05, 0.1) is 17.5 Å². The lowest BCUT2D eigenvalue weighted by molar-refractivity contribution is 0.304. The minimum atomic E-state index is 0.370. The quantitative estimate of drug-likeness (QED) is 0.563. The van der Waals surface area contributed by atoms with Crippen molar-refractivity contribution in [2.24, 2.45) is 0 Å². The van der Waals surface area contributed by atoms with Crippen LogP contribution >= 0.6 is 0 Å². The second-order valence-electron chi connectivity index (χ2n) is 5.84. The third-order valence-corrected chi connectivity index (χ3v) is 3.88. The van der Waals surface area contributed by atoms with Gasteiger partial charge in [0, 0.05) is 6.20 Å². The summed E-state index contributed by atoms with van der Waals surface area (Å²) in [6.45, 7) is 0.897. The molecule has 0 bridgehead atoms. The van der Waals surface area contributed by atoms with Crippen LogP contribution < -0.4 is 10.5 Å². The van der Waals surface area contributed by atoms with Crippen molar-refractivity contribution in [3.05, 3.63) is 78.2 Å². The molecule has 4 aromatic rings. The summed E-state index contributed by atoms with van der Waals surface area (Å²) in [6, 6.07) is 17.3. The fraction of sp³-hybridized carbons (Fsp3) is 0.105. The molecule has 0 radical (unpaired) electrons. The number of nitrogens with two attached hydrogens (primary N) is 1. The average molecular weight is 359 g/mol. The summed E-state index contributed by atoms with van der Waals surface area (Å²) in [5.41, 5.74) is 8.40. The minimum Gasteiger partial charge on any atom is -0.487 e. The van der Waals surface area contributed by atoms with Crippen LogP contribution in [0.4, 0.5) is 5.82 Å². The molecular formula is C19H17N7O. The van der Waals surface area contributed by atoms with Gasteiger partial charge in [0.1, 0.15) is 24.7 Å². The Kier molecular flexibility index (Phi) is 4.69. The molecule has 0 fully saturated rings. The first-order valence-corrected chi connectivity index (χ1v) is 8.38. The minimum absolute atomic E-state index is 0.370. The smallest absolute Gasteiger partial charge is 0.208 e. The SMILES string of the molecule is Nc1ncccc1-c1nnn(Cc2ccc(OCc3ccccc3)cn2)n1. The molecule has 0 aliphatic rings. The number of nitrogen functional groups attached to an aromatic ring is 1. The fourth-order valence-electron chi connectivity index (χ4n) is 2.50. The largest absolute Gasteiger partial charge is 0.487 e. The van der Waals surface area contributed by atoms with Gasteiger partial charge in [-0.1, -0.05) is 30.3 Å². The molecule has 4 rings (SSSR count). The average Bonchev–Trinajstić information content (AvgIpc) is 3.17. The van der Waals surface area contributed by atoms with Crippen molar-refractivity contribution in [2.75, 3.05) is 5.73 Å². The molecule has 0 atom stereocenters. The number of ether oxygens (including phenoxy) is 1. The van der Waals surface area contributed by atoms with Crippen molar-refractivity contribution in [1.82, 2.24) is 30.2 Å². The topological polar surface area (TPSA) is 105 Å². The maximum Gasteiger partial charge on any atom is 0.208 e. The summed E-state index contributed by atoms with van der Waals surface area (Å²) in [5.74, 6) is 1.51. The summed E-state index contributed by atoms with van der Waals surface area (Å²) in [5, 5.41) is 12.4. The van der Waals surface area contributed by atoms with Gasteiger partial charge in [-0.25, -0.2) is 4.98 Å². The van der Waals surface area contributed by atoms with Crippen LogP contribution in [0.5, 0.6) is 5.75 Å². The van der Waals surface area contributed by atoms with Gasteiger partial charge < -0.3 is 10.5 Å². The highest BCUT2D eigenvalue weighted by molar-refractivity contribution is 5.66. The highest BCUT2D eigenvalue weighted by atomic mass is 16.5. The highest BCUT2D eigenvalue weighted by Gasteiger charge is 2.10. The highest BCUT2D eigenvalue weighted by Crippen LogP contribution is 2.18. The zero-order valence-electron chi connectivity index (χ0n) is 14.4. The molecule has 1 aromatic carbocycles. The molecule has 0 unspecified atom stereocenters. The maximum absolute atomic E-state index is 5.85. The standard InChI is InChI=1S/C19H17N7O/c20-18-17(7-4-10-21-18)19-23-25-26(24-19)12-15-8-9-16(11-22-15)27-13-14-5-2-1-3-6-14/h1-11H,12-13H2,(H2,20,21). The molecule has 8 nitrogen and oxygen atoms in total. The lowest BCUT2D eigenvalue weighted by Gasteiger charge is -2.06. The van der Waals surface area contributed by atoms with Gasteiger partial charge in [-0.05, 0) is 35.0 Å². The number of anilines is 1. The van der Waals surface area contributed by atoms with Gasteiger partial charge >= 0.3 is 0 Å². The lowest BCUT2D eigenvalue weighted by atomic mass is 10.2. The first-order chi connectivity index (χ1) is 13.3. The molecule has 3 heterocycles. The van der Waals surface area contributed by atoms with Crippen molar-refractivity contribution in [1.29, 1.82) is 0 Å². The maximum atomic E-state index is 5.85. The van der Waals surface area contributed by atoms with Crippen LogP contribution in [-0.4, -0.2) is 30.2 Å². The molecule has 8 heteroatoms. The molecule has 0 spiro atoms. The number of hydrogen-bond acceptors (Lipinski definition) is 7. The van der Waals surface area contributed by atoms with E-state index < -0.39 is 0 Å². The van der Waals surface area contributed by atoms with Gasteiger partial charge in [0.15, 0.2) is 0 Å². The van der Waals surface area contributed by atoms with E-state index in [0.29, 0.717) is 36.1 Å². The zero-order chi connectivity index (χ0) is 18.5. The van der Waals surface area contributed by atoms with E-state index in [0.717, 1.165) is 11.3 Å². The number of aromatic nitrogens is 6. The van der Waals surface area contributed by atoms with Gasteiger partial charge in [-0.3, -0.25) is 4.98 Å². The third-order valence-electron chi connectivity index (χ3n) is 3.88. The summed E-state index contributed by atoms with van der Waals surface area (Å²) in [4.78, 5) is 9.89. The Morgan fingerprint density at radius 2 is 1.85 bits per heavy atom. The fourth-order valence-corrected chi connectivity index (χ4v) is 2.50. The second kappa shape index (κ2) is 7.61. The van der Waals surface area contributed by atoms with Crippen LogP contribution in [0, 0.1) is 0 Å². The Morgan fingerprint density at radius 1 is 0.963 bits per heavy atom. The van der Waals surface area contributed by atoms with Gasteiger partial charge in [0.2, 0.25) is 5.82 Å².